The monoisotopic (exact) mass is 258 g/mol. The molecule has 0 saturated carbocycles. The van der Waals surface area contributed by atoms with Crippen molar-refractivity contribution >= 4 is 23.4 Å². The predicted octanol–water partition coefficient (Wildman–Crippen LogP) is 4.53. The van der Waals surface area contributed by atoms with E-state index in [4.69, 9.17) is 11.6 Å². The highest BCUT2D eigenvalue weighted by Gasteiger charge is 2.12. The Labute approximate surface area is 107 Å². The van der Waals surface area contributed by atoms with Gasteiger partial charge in [0.2, 0.25) is 0 Å². The Morgan fingerprint density at radius 2 is 1.81 bits per heavy atom. The van der Waals surface area contributed by atoms with E-state index in [1.165, 1.54) is 0 Å². The average molecular weight is 259 g/mol. The molecule has 0 bridgehead atoms. The van der Waals surface area contributed by atoms with Gasteiger partial charge in [-0.15, -0.1) is 11.8 Å². The van der Waals surface area contributed by atoms with Crippen LogP contribution in [0.25, 0.3) is 0 Å². The van der Waals surface area contributed by atoms with Crippen LogP contribution < -0.4 is 0 Å². The minimum Gasteiger partial charge on any atom is -0.389 e. The van der Waals surface area contributed by atoms with Gasteiger partial charge >= 0.3 is 0 Å². The van der Waals surface area contributed by atoms with Crippen molar-refractivity contribution < 1.29 is 5.11 Å². The second kappa shape index (κ2) is 5.95. The Bertz CT molecular complexity index is 350. The maximum Gasteiger partial charge on any atom is 0.0762 e. The summed E-state index contributed by atoms with van der Waals surface area (Å²) in [6, 6.07) is 5.78. The molecular formula is C13H19ClOS. The molecule has 1 aromatic rings. The van der Waals surface area contributed by atoms with E-state index in [-0.39, 0.29) is 0 Å². The summed E-state index contributed by atoms with van der Waals surface area (Å²) in [5.74, 6) is 0.623. The highest BCUT2D eigenvalue weighted by molar-refractivity contribution is 8.00. The van der Waals surface area contributed by atoms with Crippen molar-refractivity contribution in [3.63, 3.8) is 0 Å². The first-order valence-electron chi connectivity index (χ1n) is 5.56. The molecule has 1 N–H and O–H groups in total. The lowest BCUT2D eigenvalue weighted by atomic mass is 10.1. The van der Waals surface area contributed by atoms with Crippen LogP contribution in [-0.2, 0) is 0 Å². The van der Waals surface area contributed by atoms with Crippen molar-refractivity contribution in [3.05, 3.63) is 28.8 Å². The molecule has 0 fully saturated rings. The Morgan fingerprint density at radius 3 is 2.25 bits per heavy atom. The fourth-order valence-corrected chi connectivity index (χ4v) is 2.52. The van der Waals surface area contributed by atoms with Gasteiger partial charge in [0.25, 0.3) is 0 Å². The van der Waals surface area contributed by atoms with Gasteiger partial charge in [-0.05, 0) is 30.5 Å². The Kier molecular flexibility index (Phi) is 5.16. The third-order valence-corrected chi connectivity index (χ3v) is 4.64. The van der Waals surface area contributed by atoms with E-state index in [1.807, 2.05) is 18.2 Å². The quantitative estimate of drug-likeness (QED) is 0.801. The van der Waals surface area contributed by atoms with Crippen molar-refractivity contribution in [3.8, 4) is 0 Å². The number of aliphatic hydroxyl groups is 1. The number of halogens is 1. The summed E-state index contributed by atoms with van der Waals surface area (Å²) in [6.45, 7) is 8.36. The molecule has 2 atom stereocenters. The maximum atomic E-state index is 9.44. The van der Waals surface area contributed by atoms with E-state index in [2.05, 4.69) is 20.8 Å². The summed E-state index contributed by atoms with van der Waals surface area (Å²) in [4.78, 5) is 1.09. The first-order valence-corrected chi connectivity index (χ1v) is 6.81. The summed E-state index contributed by atoms with van der Waals surface area (Å²) >= 11 is 7.98. The molecule has 3 heteroatoms. The van der Waals surface area contributed by atoms with Crippen molar-refractivity contribution in [2.24, 2.45) is 5.92 Å². The molecule has 16 heavy (non-hydrogen) atoms. The summed E-state index contributed by atoms with van der Waals surface area (Å²) in [6.07, 6.45) is -0.459. The van der Waals surface area contributed by atoms with E-state index in [9.17, 15) is 5.11 Å². The lowest BCUT2D eigenvalue weighted by Gasteiger charge is -2.16. The lowest BCUT2D eigenvalue weighted by molar-refractivity contribution is 0.199. The van der Waals surface area contributed by atoms with Crippen LogP contribution in [0.4, 0.5) is 0 Å². The van der Waals surface area contributed by atoms with Gasteiger partial charge < -0.3 is 5.11 Å². The molecule has 1 unspecified atom stereocenters. The summed E-state index contributed by atoms with van der Waals surface area (Å²) < 4.78 is 0. The summed E-state index contributed by atoms with van der Waals surface area (Å²) in [5, 5.41) is 10.7. The molecule has 0 saturated heterocycles. The molecule has 0 amide bonds. The Hall–Kier alpha value is -0.180. The van der Waals surface area contributed by atoms with Gasteiger partial charge in [-0.2, -0.15) is 0 Å². The molecule has 0 spiro atoms. The second-order valence-corrected chi connectivity index (χ2v) is 6.26. The standard InChI is InChI=1S/C13H19ClOS/c1-8(2)10(4)16-13-6-5-11(9(3)15)7-12(13)14/h5-10,15H,1-4H3/t9-,10?/m1/s1. The normalized spacial score (nSPS) is 15.2. The van der Waals surface area contributed by atoms with Gasteiger partial charge in [-0.25, -0.2) is 0 Å². The fraction of sp³-hybridized carbons (Fsp3) is 0.538. The molecule has 1 nitrogen and oxygen atoms in total. The van der Waals surface area contributed by atoms with Crippen molar-refractivity contribution in [2.45, 2.75) is 43.9 Å². The van der Waals surface area contributed by atoms with Gasteiger partial charge in [0, 0.05) is 10.1 Å². The lowest BCUT2D eigenvalue weighted by Crippen LogP contribution is -2.05. The minimum absolute atomic E-state index is 0.459. The van der Waals surface area contributed by atoms with E-state index in [1.54, 1.807) is 18.7 Å². The first-order chi connectivity index (χ1) is 7.41. The summed E-state index contributed by atoms with van der Waals surface area (Å²) in [5.41, 5.74) is 0.867. The van der Waals surface area contributed by atoms with Crippen LogP contribution in [0, 0.1) is 5.92 Å². The maximum absolute atomic E-state index is 9.44. The van der Waals surface area contributed by atoms with E-state index < -0.39 is 6.10 Å². The largest absolute Gasteiger partial charge is 0.389 e. The summed E-state index contributed by atoms with van der Waals surface area (Å²) in [7, 11) is 0. The smallest absolute Gasteiger partial charge is 0.0762 e. The zero-order valence-electron chi connectivity index (χ0n) is 10.2. The minimum atomic E-state index is -0.459. The van der Waals surface area contributed by atoms with Crippen molar-refractivity contribution in [2.75, 3.05) is 0 Å². The molecule has 0 aliphatic rings. The number of rotatable bonds is 4. The average Bonchev–Trinajstić information content (AvgIpc) is 2.20. The zero-order valence-corrected chi connectivity index (χ0v) is 11.8. The van der Waals surface area contributed by atoms with Gasteiger partial charge in [-0.1, -0.05) is 38.4 Å². The van der Waals surface area contributed by atoms with Crippen LogP contribution in [-0.4, -0.2) is 10.4 Å². The van der Waals surface area contributed by atoms with Crippen LogP contribution in [0.15, 0.2) is 23.1 Å². The highest BCUT2D eigenvalue weighted by atomic mass is 35.5. The Balaban J connectivity index is 2.83. The van der Waals surface area contributed by atoms with E-state index in [0.29, 0.717) is 11.2 Å². The van der Waals surface area contributed by atoms with E-state index in [0.717, 1.165) is 15.5 Å². The van der Waals surface area contributed by atoms with Crippen molar-refractivity contribution in [1.29, 1.82) is 0 Å². The second-order valence-electron chi connectivity index (χ2n) is 4.43. The van der Waals surface area contributed by atoms with Crippen LogP contribution in [0.5, 0.6) is 0 Å². The van der Waals surface area contributed by atoms with Gasteiger partial charge in [0.15, 0.2) is 0 Å². The molecular weight excluding hydrogens is 240 g/mol. The van der Waals surface area contributed by atoms with Crippen LogP contribution >= 0.6 is 23.4 Å². The van der Waals surface area contributed by atoms with Gasteiger partial charge in [-0.3, -0.25) is 0 Å². The molecule has 0 aromatic heterocycles. The van der Waals surface area contributed by atoms with Gasteiger partial charge in [0.05, 0.1) is 11.1 Å². The zero-order chi connectivity index (χ0) is 12.3. The Morgan fingerprint density at radius 1 is 1.19 bits per heavy atom. The molecule has 0 radical (unpaired) electrons. The van der Waals surface area contributed by atoms with Crippen molar-refractivity contribution in [1.82, 2.24) is 0 Å². The van der Waals surface area contributed by atoms with E-state index >= 15 is 0 Å². The molecule has 0 aliphatic carbocycles. The third kappa shape index (κ3) is 3.69. The SMILES string of the molecule is CC(C)C(C)Sc1ccc([C@@H](C)O)cc1Cl. The number of hydrogen-bond donors (Lipinski definition) is 1. The first kappa shape index (κ1) is 13.9. The topological polar surface area (TPSA) is 20.2 Å². The molecule has 0 aliphatic heterocycles. The number of thioether (sulfide) groups is 1. The van der Waals surface area contributed by atoms with Crippen LogP contribution in [0.3, 0.4) is 0 Å². The van der Waals surface area contributed by atoms with Crippen LogP contribution in [0.2, 0.25) is 5.02 Å². The molecule has 1 aromatic carbocycles. The molecule has 90 valence electrons. The predicted molar refractivity (Wildman–Crippen MR) is 72.2 cm³/mol. The van der Waals surface area contributed by atoms with Gasteiger partial charge in [0.1, 0.15) is 0 Å². The highest BCUT2D eigenvalue weighted by Crippen LogP contribution is 2.34. The number of benzene rings is 1. The third-order valence-electron chi connectivity index (χ3n) is 2.69. The van der Waals surface area contributed by atoms with Crippen LogP contribution in [0.1, 0.15) is 39.4 Å². The molecule has 0 heterocycles. The molecule has 1 rings (SSSR count). The fourth-order valence-electron chi connectivity index (χ4n) is 1.21. The number of aliphatic hydroxyl groups excluding tert-OH is 1. The number of hydrogen-bond acceptors (Lipinski definition) is 2.